The highest BCUT2D eigenvalue weighted by Crippen LogP contribution is 2.09. The van der Waals surface area contributed by atoms with Gasteiger partial charge in [-0.3, -0.25) is 9.59 Å². The molecule has 0 bridgehead atoms. The number of ketones is 1. The molecule has 80 valence electrons. The Labute approximate surface area is 89.1 Å². The average Bonchev–Trinajstić information content (AvgIpc) is 2.28. The standard InChI is InChI=1S/C12H14O3/c1-3-15-12(14)9(2)11(13)10-7-5-4-6-8-10/h4-9H,3H2,1-2H3/t9-/m0/s1. The van der Waals surface area contributed by atoms with Gasteiger partial charge in [0.1, 0.15) is 5.92 Å². The predicted molar refractivity (Wildman–Crippen MR) is 56.6 cm³/mol. The van der Waals surface area contributed by atoms with Crippen molar-refractivity contribution < 1.29 is 14.3 Å². The Kier molecular flexibility index (Phi) is 4.03. The van der Waals surface area contributed by atoms with E-state index in [2.05, 4.69) is 0 Å². The van der Waals surface area contributed by atoms with Gasteiger partial charge in [-0.15, -0.1) is 0 Å². The van der Waals surface area contributed by atoms with E-state index in [4.69, 9.17) is 4.74 Å². The molecule has 0 aromatic heterocycles. The van der Waals surface area contributed by atoms with Crippen LogP contribution >= 0.6 is 0 Å². The van der Waals surface area contributed by atoms with Crippen molar-refractivity contribution in [1.29, 1.82) is 0 Å². The number of benzene rings is 1. The van der Waals surface area contributed by atoms with Gasteiger partial charge in [0.05, 0.1) is 6.61 Å². The van der Waals surface area contributed by atoms with Gasteiger partial charge in [0.15, 0.2) is 5.78 Å². The summed E-state index contributed by atoms with van der Waals surface area (Å²) in [5.41, 5.74) is 0.540. The van der Waals surface area contributed by atoms with E-state index in [0.717, 1.165) is 0 Å². The third kappa shape index (κ3) is 2.91. The van der Waals surface area contributed by atoms with Crippen LogP contribution in [-0.2, 0) is 9.53 Å². The van der Waals surface area contributed by atoms with Crippen LogP contribution in [0.1, 0.15) is 24.2 Å². The highest BCUT2D eigenvalue weighted by molar-refractivity contribution is 6.08. The van der Waals surface area contributed by atoms with E-state index in [-0.39, 0.29) is 5.78 Å². The van der Waals surface area contributed by atoms with Gasteiger partial charge >= 0.3 is 5.97 Å². The lowest BCUT2D eigenvalue weighted by molar-refractivity contribution is -0.145. The summed E-state index contributed by atoms with van der Waals surface area (Å²) in [6, 6.07) is 8.75. The lowest BCUT2D eigenvalue weighted by Gasteiger charge is -2.08. The number of hydrogen-bond acceptors (Lipinski definition) is 3. The molecule has 0 fully saturated rings. The van der Waals surface area contributed by atoms with E-state index in [0.29, 0.717) is 12.2 Å². The molecule has 1 atom stereocenters. The lowest BCUT2D eigenvalue weighted by Crippen LogP contribution is -2.23. The summed E-state index contributed by atoms with van der Waals surface area (Å²) in [4.78, 5) is 23.1. The van der Waals surface area contributed by atoms with Gasteiger partial charge in [0.25, 0.3) is 0 Å². The van der Waals surface area contributed by atoms with Gasteiger partial charge in [-0.1, -0.05) is 30.3 Å². The number of ether oxygens (including phenoxy) is 1. The fourth-order valence-electron chi connectivity index (χ4n) is 1.23. The van der Waals surface area contributed by atoms with Crippen LogP contribution in [0.5, 0.6) is 0 Å². The van der Waals surface area contributed by atoms with E-state index in [1.807, 2.05) is 6.07 Å². The van der Waals surface area contributed by atoms with Crippen LogP contribution in [0.3, 0.4) is 0 Å². The molecule has 0 aliphatic carbocycles. The smallest absolute Gasteiger partial charge is 0.316 e. The first-order valence-electron chi connectivity index (χ1n) is 4.92. The number of carbonyl (C=O) groups excluding carboxylic acids is 2. The van der Waals surface area contributed by atoms with Crippen molar-refractivity contribution in [2.45, 2.75) is 13.8 Å². The maximum absolute atomic E-state index is 11.8. The van der Waals surface area contributed by atoms with Gasteiger partial charge in [0, 0.05) is 5.56 Å². The van der Waals surface area contributed by atoms with Gasteiger partial charge in [-0.05, 0) is 13.8 Å². The van der Waals surface area contributed by atoms with Gasteiger partial charge < -0.3 is 4.74 Å². The van der Waals surface area contributed by atoms with E-state index in [1.165, 1.54) is 0 Å². The Morgan fingerprint density at radius 1 is 1.27 bits per heavy atom. The summed E-state index contributed by atoms with van der Waals surface area (Å²) < 4.78 is 4.79. The topological polar surface area (TPSA) is 43.4 Å². The summed E-state index contributed by atoms with van der Waals surface area (Å²) >= 11 is 0. The van der Waals surface area contributed by atoms with Crippen LogP contribution in [0.4, 0.5) is 0 Å². The van der Waals surface area contributed by atoms with Crippen LogP contribution in [0, 0.1) is 5.92 Å². The quantitative estimate of drug-likeness (QED) is 0.430. The number of Topliss-reactive ketones (excluding diaryl/α,β-unsaturated/α-hetero) is 1. The van der Waals surface area contributed by atoms with E-state index in [9.17, 15) is 9.59 Å². The minimum Gasteiger partial charge on any atom is -0.465 e. The normalized spacial score (nSPS) is 11.9. The molecule has 3 nitrogen and oxygen atoms in total. The molecule has 3 heteroatoms. The molecule has 15 heavy (non-hydrogen) atoms. The van der Waals surface area contributed by atoms with Crippen molar-refractivity contribution >= 4 is 11.8 Å². The second kappa shape index (κ2) is 5.29. The van der Waals surface area contributed by atoms with Crippen molar-refractivity contribution in [3.63, 3.8) is 0 Å². The molecule has 1 rings (SSSR count). The fraction of sp³-hybridized carbons (Fsp3) is 0.333. The molecular formula is C12H14O3. The first-order chi connectivity index (χ1) is 7.16. The number of esters is 1. The first-order valence-corrected chi connectivity index (χ1v) is 4.92. The lowest BCUT2D eigenvalue weighted by atomic mass is 10.00. The second-order valence-electron chi connectivity index (χ2n) is 3.20. The Balaban J connectivity index is 2.73. The van der Waals surface area contributed by atoms with Crippen molar-refractivity contribution in [1.82, 2.24) is 0 Å². The third-order valence-corrected chi connectivity index (χ3v) is 2.09. The monoisotopic (exact) mass is 206 g/mol. The van der Waals surface area contributed by atoms with Crippen LogP contribution in [-0.4, -0.2) is 18.4 Å². The predicted octanol–water partition coefficient (Wildman–Crippen LogP) is 2.07. The van der Waals surface area contributed by atoms with Crippen LogP contribution < -0.4 is 0 Å². The third-order valence-electron chi connectivity index (χ3n) is 2.09. The molecule has 0 saturated carbocycles. The maximum Gasteiger partial charge on any atom is 0.316 e. The average molecular weight is 206 g/mol. The summed E-state index contributed by atoms with van der Waals surface area (Å²) in [5.74, 6) is -1.40. The van der Waals surface area contributed by atoms with E-state index >= 15 is 0 Å². The molecule has 0 aliphatic rings. The summed E-state index contributed by atoms with van der Waals surface area (Å²) in [7, 11) is 0. The molecular weight excluding hydrogens is 192 g/mol. The minimum absolute atomic E-state index is 0.200. The Morgan fingerprint density at radius 3 is 2.40 bits per heavy atom. The summed E-state index contributed by atoms with van der Waals surface area (Å²) in [6.07, 6.45) is 0. The molecule has 0 unspecified atom stereocenters. The van der Waals surface area contributed by atoms with Crippen molar-refractivity contribution in [3.8, 4) is 0 Å². The fourth-order valence-corrected chi connectivity index (χ4v) is 1.23. The van der Waals surface area contributed by atoms with Gasteiger partial charge in [-0.2, -0.15) is 0 Å². The van der Waals surface area contributed by atoms with Gasteiger partial charge in [0.2, 0.25) is 0 Å². The van der Waals surface area contributed by atoms with Crippen LogP contribution in [0.25, 0.3) is 0 Å². The zero-order valence-electron chi connectivity index (χ0n) is 8.90. The highest BCUT2D eigenvalue weighted by Gasteiger charge is 2.23. The minimum atomic E-state index is -0.729. The molecule has 1 aromatic rings. The summed E-state index contributed by atoms with van der Waals surface area (Å²) in [5, 5.41) is 0. The number of rotatable bonds is 4. The SMILES string of the molecule is CCOC(=O)[C@@H](C)C(=O)c1ccccc1. The maximum atomic E-state index is 11.8. The largest absolute Gasteiger partial charge is 0.465 e. The van der Waals surface area contributed by atoms with Gasteiger partial charge in [-0.25, -0.2) is 0 Å². The van der Waals surface area contributed by atoms with Crippen molar-refractivity contribution in [2.24, 2.45) is 5.92 Å². The Bertz CT molecular complexity index is 343. The van der Waals surface area contributed by atoms with E-state index < -0.39 is 11.9 Å². The molecule has 0 saturated heterocycles. The van der Waals surface area contributed by atoms with Crippen molar-refractivity contribution in [3.05, 3.63) is 35.9 Å². The molecule has 0 N–H and O–H groups in total. The highest BCUT2D eigenvalue weighted by atomic mass is 16.5. The second-order valence-corrected chi connectivity index (χ2v) is 3.20. The molecule has 0 amide bonds. The van der Waals surface area contributed by atoms with E-state index in [1.54, 1.807) is 38.1 Å². The Morgan fingerprint density at radius 2 is 1.87 bits per heavy atom. The zero-order valence-corrected chi connectivity index (χ0v) is 8.90. The number of carbonyl (C=O) groups is 2. The zero-order chi connectivity index (χ0) is 11.3. The summed E-state index contributed by atoms with van der Waals surface area (Å²) in [6.45, 7) is 3.58. The molecule has 0 radical (unpaired) electrons. The first kappa shape index (κ1) is 11.4. The van der Waals surface area contributed by atoms with Crippen molar-refractivity contribution in [2.75, 3.05) is 6.61 Å². The Hall–Kier alpha value is -1.64. The molecule has 1 aromatic carbocycles. The molecule has 0 spiro atoms. The van der Waals surface area contributed by atoms with Crippen LogP contribution in [0.2, 0.25) is 0 Å². The van der Waals surface area contributed by atoms with Crippen LogP contribution in [0.15, 0.2) is 30.3 Å². The molecule has 0 aliphatic heterocycles. The number of hydrogen-bond donors (Lipinski definition) is 0. The molecule has 0 heterocycles.